The Balaban J connectivity index is 1.62. The monoisotopic (exact) mass is 514 g/mol. The highest BCUT2D eigenvalue weighted by molar-refractivity contribution is 9.10. The highest BCUT2D eigenvalue weighted by Gasteiger charge is 2.41. The van der Waals surface area contributed by atoms with Gasteiger partial charge in [-0.2, -0.15) is 5.10 Å². The van der Waals surface area contributed by atoms with Crippen LogP contribution in [0.2, 0.25) is 0 Å². The molecule has 0 bridgehead atoms. The fourth-order valence-electron chi connectivity index (χ4n) is 4.49. The molecular weight excluding hydrogens is 492 g/mol. The molecule has 0 radical (unpaired) electrons. The molecule has 2 amide bonds. The molecule has 1 aliphatic rings. The van der Waals surface area contributed by atoms with E-state index < -0.39 is 12.0 Å². The Labute approximate surface area is 206 Å². The summed E-state index contributed by atoms with van der Waals surface area (Å²) in [4.78, 5) is 26.6. The predicted molar refractivity (Wildman–Crippen MR) is 135 cm³/mol. The minimum absolute atomic E-state index is 0.279. The van der Waals surface area contributed by atoms with Gasteiger partial charge in [-0.1, -0.05) is 64.0 Å². The number of carbonyl (C=O) groups is 2. The SMILES string of the molecule is Cc1cccc(C(=O)N[C@@H]2C(=O)Nc3c(c(C)nn3-c3ccccc3)[C@@H]2c2ccc(Br)cc2)c1. The molecular formula is C27H23BrN4O2. The zero-order chi connectivity index (χ0) is 23.8. The van der Waals surface area contributed by atoms with Crippen molar-refractivity contribution in [1.82, 2.24) is 15.1 Å². The number of fused-ring (bicyclic) bond motifs is 1. The Kier molecular flexibility index (Phi) is 5.79. The van der Waals surface area contributed by atoms with Gasteiger partial charge in [0.05, 0.1) is 11.4 Å². The van der Waals surface area contributed by atoms with Gasteiger partial charge in [0, 0.05) is 21.5 Å². The van der Waals surface area contributed by atoms with Gasteiger partial charge in [0.2, 0.25) is 5.91 Å². The molecule has 2 heterocycles. The molecule has 0 spiro atoms. The standard InChI is InChI=1S/C27H23BrN4O2/c1-16-7-6-8-19(15-16)26(33)29-24-23(18-11-13-20(28)14-12-18)22-17(2)31-32(25(22)30-27(24)34)21-9-4-3-5-10-21/h3-15,23-24H,1-2H3,(H,29,33)(H,30,34)/t23-,24-/m0/s1. The van der Waals surface area contributed by atoms with Crippen LogP contribution < -0.4 is 10.6 Å². The Hall–Kier alpha value is -3.71. The molecule has 6 nitrogen and oxygen atoms in total. The van der Waals surface area contributed by atoms with Gasteiger partial charge in [0.1, 0.15) is 11.9 Å². The predicted octanol–water partition coefficient (Wildman–Crippen LogP) is 5.13. The number of para-hydroxylation sites is 1. The van der Waals surface area contributed by atoms with Gasteiger partial charge in [-0.15, -0.1) is 0 Å². The molecule has 0 fully saturated rings. The first-order valence-electron chi connectivity index (χ1n) is 11.0. The van der Waals surface area contributed by atoms with Gasteiger partial charge in [0.25, 0.3) is 5.91 Å². The molecule has 0 unspecified atom stereocenters. The number of aryl methyl sites for hydroxylation is 2. The summed E-state index contributed by atoms with van der Waals surface area (Å²) >= 11 is 3.49. The van der Waals surface area contributed by atoms with Crippen molar-refractivity contribution in [3.05, 3.63) is 111 Å². The van der Waals surface area contributed by atoms with Crippen LogP contribution in [0.25, 0.3) is 5.69 Å². The Morgan fingerprint density at radius 2 is 1.74 bits per heavy atom. The van der Waals surface area contributed by atoms with Crippen LogP contribution in [-0.2, 0) is 4.79 Å². The van der Waals surface area contributed by atoms with E-state index in [1.807, 2.05) is 86.6 Å². The van der Waals surface area contributed by atoms with Crippen LogP contribution in [0.5, 0.6) is 0 Å². The van der Waals surface area contributed by atoms with Crippen LogP contribution in [0.4, 0.5) is 5.82 Å². The van der Waals surface area contributed by atoms with Gasteiger partial charge in [0.15, 0.2) is 0 Å². The normalized spacial score (nSPS) is 17.1. The average molecular weight is 515 g/mol. The maximum Gasteiger partial charge on any atom is 0.251 e. The van der Waals surface area contributed by atoms with Crippen molar-refractivity contribution in [2.45, 2.75) is 25.8 Å². The minimum Gasteiger partial charge on any atom is -0.339 e. The lowest BCUT2D eigenvalue weighted by Crippen LogP contribution is -2.50. The van der Waals surface area contributed by atoms with Crippen molar-refractivity contribution in [3.63, 3.8) is 0 Å². The number of nitrogens with one attached hydrogen (secondary N) is 2. The Bertz CT molecular complexity index is 1380. The molecule has 0 saturated heterocycles. The van der Waals surface area contributed by atoms with Crippen molar-refractivity contribution in [2.24, 2.45) is 0 Å². The van der Waals surface area contributed by atoms with Gasteiger partial charge >= 0.3 is 0 Å². The van der Waals surface area contributed by atoms with Crippen LogP contribution in [0.3, 0.4) is 0 Å². The largest absolute Gasteiger partial charge is 0.339 e. The summed E-state index contributed by atoms with van der Waals surface area (Å²) in [6.45, 7) is 3.86. The summed E-state index contributed by atoms with van der Waals surface area (Å²) in [6.07, 6.45) is 0. The van der Waals surface area contributed by atoms with Crippen LogP contribution >= 0.6 is 15.9 Å². The van der Waals surface area contributed by atoms with Crippen molar-refractivity contribution in [2.75, 3.05) is 5.32 Å². The number of benzene rings is 3. The molecule has 34 heavy (non-hydrogen) atoms. The van der Waals surface area contributed by atoms with Crippen LogP contribution in [0.1, 0.15) is 38.7 Å². The maximum atomic E-state index is 13.5. The summed E-state index contributed by atoms with van der Waals surface area (Å²) in [5.74, 6) is -0.341. The van der Waals surface area contributed by atoms with Crippen molar-refractivity contribution in [1.29, 1.82) is 0 Å². The summed E-state index contributed by atoms with van der Waals surface area (Å²) in [5, 5.41) is 10.8. The van der Waals surface area contributed by atoms with E-state index in [2.05, 4.69) is 26.6 Å². The number of hydrogen-bond donors (Lipinski definition) is 2. The Morgan fingerprint density at radius 1 is 1.00 bits per heavy atom. The molecule has 2 atom stereocenters. The number of rotatable bonds is 4. The first-order chi connectivity index (χ1) is 16.4. The molecule has 4 aromatic rings. The van der Waals surface area contributed by atoms with Crippen LogP contribution in [0, 0.1) is 13.8 Å². The summed E-state index contributed by atoms with van der Waals surface area (Å²) < 4.78 is 2.70. The van der Waals surface area contributed by atoms with Gasteiger partial charge in [-0.05, 0) is 55.8 Å². The van der Waals surface area contributed by atoms with E-state index in [-0.39, 0.29) is 11.8 Å². The molecule has 0 aliphatic carbocycles. The molecule has 7 heteroatoms. The second-order valence-corrected chi connectivity index (χ2v) is 9.35. The third kappa shape index (κ3) is 4.03. The zero-order valence-electron chi connectivity index (χ0n) is 18.7. The van der Waals surface area contributed by atoms with E-state index in [1.54, 1.807) is 10.7 Å². The second kappa shape index (κ2) is 8.91. The fraction of sp³-hybridized carbons (Fsp3) is 0.148. The highest BCUT2D eigenvalue weighted by atomic mass is 79.9. The minimum atomic E-state index is -0.797. The van der Waals surface area contributed by atoms with Crippen LogP contribution in [0.15, 0.2) is 83.3 Å². The molecule has 1 aliphatic heterocycles. The summed E-state index contributed by atoms with van der Waals surface area (Å²) in [7, 11) is 0. The number of carbonyl (C=O) groups excluding carboxylic acids is 2. The quantitative estimate of drug-likeness (QED) is 0.396. The Morgan fingerprint density at radius 3 is 2.44 bits per heavy atom. The number of halogens is 1. The van der Waals surface area contributed by atoms with Crippen LogP contribution in [-0.4, -0.2) is 27.6 Å². The van der Waals surface area contributed by atoms with E-state index in [1.165, 1.54) is 0 Å². The molecule has 2 N–H and O–H groups in total. The van der Waals surface area contributed by atoms with E-state index in [0.29, 0.717) is 11.4 Å². The molecule has 0 saturated carbocycles. The number of aromatic nitrogens is 2. The van der Waals surface area contributed by atoms with Crippen molar-refractivity contribution in [3.8, 4) is 5.69 Å². The first-order valence-corrected chi connectivity index (χ1v) is 11.8. The lowest BCUT2D eigenvalue weighted by Gasteiger charge is -2.33. The molecule has 1 aromatic heterocycles. The summed E-state index contributed by atoms with van der Waals surface area (Å²) in [6, 6.07) is 24.1. The summed E-state index contributed by atoms with van der Waals surface area (Å²) in [5.41, 5.74) is 4.95. The van der Waals surface area contributed by atoms with Gasteiger partial charge in [-0.3, -0.25) is 9.59 Å². The van der Waals surface area contributed by atoms with E-state index in [9.17, 15) is 9.59 Å². The third-order valence-electron chi connectivity index (χ3n) is 6.07. The van der Waals surface area contributed by atoms with E-state index >= 15 is 0 Å². The molecule has 170 valence electrons. The first kappa shape index (κ1) is 22.1. The lowest BCUT2D eigenvalue weighted by atomic mass is 9.82. The van der Waals surface area contributed by atoms with Gasteiger partial charge < -0.3 is 10.6 Å². The number of amides is 2. The lowest BCUT2D eigenvalue weighted by molar-refractivity contribution is -0.118. The topological polar surface area (TPSA) is 76.0 Å². The smallest absolute Gasteiger partial charge is 0.251 e. The third-order valence-corrected chi connectivity index (χ3v) is 6.60. The zero-order valence-corrected chi connectivity index (χ0v) is 20.3. The second-order valence-electron chi connectivity index (χ2n) is 8.43. The average Bonchev–Trinajstić information content (AvgIpc) is 3.16. The fourth-order valence-corrected chi connectivity index (χ4v) is 4.75. The van der Waals surface area contributed by atoms with E-state index in [4.69, 9.17) is 5.10 Å². The maximum absolute atomic E-state index is 13.5. The molecule has 5 rings (SSSR count). The van der Waals surface area contributed by atoms with Crippen molar-refractivity contribution < 1.29 is 9.59 Å². The highest BCUT2D eigenvalue weighted by Crippen LogP contribution is 2.40. The molecule has 3 aromatic carbocycles. The van der Waals surface area contributed by atoms with Gasteiger partial charge in [-0.25, -0.2) is 4.68 Å². The number of nitrogens with zero attached hydrogens (tertiary/aromatic N) is 2. The van der Waals surface area contributed by atoms with E-state index in [0.717, 1.165) is 32.5 Å². The number of hydrogen-bond acceptors (Lipinski definition) is 3. The van der Waals surface area contributed by atoms with Crippen molar-refractivity contribution >= 4 is 33.6 Å². The number of anilines is 1.